The summed E-state index contributed by atoms with van der Waals surface area (Å²) in [7, 11) is 0. The highest BCUT2D eigenvalue weighted by molar-refractivity contribution is 5.74. The molecule has 4 N–H and O–H groups in total. The number of nitrogens with two attached hydrogens (primary N) is 1. The molecule has 0 aliphatic rings. The number of rotatable bonds is 4. The maximum absolute atomic E-state index is 11.1. The fourth-order valence-electron chi connectivity index (χ4n) is 0.759. The molecule has 0 saturated heterocycles. The van der Waals surface area contributed by atoms with E-state index in [-0.39, 0.29) is 18.1 Å². The van der Waals surface area contributed by atoms with Gasteiger partial charge in [0.1, 0.15) is 0 Å². The van der Waals surface area contributed by atoms with E-state index in [1.54, 1.807) is 0 Å². The highest BCUT2D eigenvalue weighted by Gasteiger charge is 2.09. The number of urea groups is 1. The molecule has 0 aromatic carbocycles. The van der Waals surface area contributed by atoms with Crippen LogP contribution in [0.1, 0.15) is 27.7 Å². The summed E-state index contributed by atoms with van der Waals surface area (Å²) in [5.74, 6) is 0.388. The monoisotopic (exact) mass is 187 g/mol. The van der Waals surface area contributed by atoms with Gasteiger partial charge in [0.15, 0.2) is 0 Å². The van der Waals surface area contributed by atoms with Gasteiger partial charge in [-0.3, -0.25) is 0 Å². The van der Waals surface area contributed by atoms with Gasteiger partial charge >= 0.3 is 6.03 Å². The molecule has 4 nitrogen and oxygen atoms in total. The van der Waals surface area contributed by atoms with Crippen LogP contribution in [0.2, 0.25) is 0 Å². The lowest BCUT2D eigenvalue weighted by Gasteiger charge is -2.17. The maximum atomic E-state index is 11.1. The van der Waals surface area contributed by atoms with Crippen LogP contribution in [0, 0.1) is 5.92 Å². The van der Waals surface area contributed by atoms with Crippen LogP contribution >= 0.6 is 0 Å². The molecule has 2 amide bonds. The van der Waals surface area contributed by atoms with E-state index in [4.69, 9.17) is 5.73 Å². The van der Waals surface area contributed by atoms with Gasteiger partial charge < -0.3 is 16.4 Å². The average molecular weight is 187 g/mol. The van der Waals surface area contributed by atoms with Gasteiger partial charge in [-0.1, -0.05) is 13.8 Å². The molecule has 4 heteroatoms. The lowest BCUT2D eigenvalue weighted by Crippen LogP contribution is -2.46. The Hall–Kier alpha value is -0.770. The Morgan fingerprint density at radius 2 is 1.85 bits per heavy atom. The van der Waals surface area contributed by atoms with Crippen molar-refractivity contribution in [2.24, 2.45) is 11.7 Å². The fourth-order valence-corrected chi connectivity index (χ4v) is 0.759. The predicted octanol–water partition coefficient (Wildman–Crippen LogP) is 0.677. The van der Waals surface area contributed by atoms with E-state index < -0.39 is 0 Å². The molecule has 0 spiro atoms. The summed E-state index contributed by atoms with van der Waals surface area (Å²) in [6.07, 6.45) is 0. The summed E-state index contributed by atoms with van der Waals surface area (Å²) >= 11 is 0. The Kier molecular flexibility index (Phi) is 5.46. The molecule has 0 aliphatic heterocycles. The Balaban J connectivity index is 3.58. The molecule has 1 unspecified atom stereocenters. The van der Waals surface area contributed by atoms with Crippen molar-refractivity contribution in [3.8, 4) is 0 Å². The van der Waals surface area contributed by atoms with Crippen LogP contribution in [0.5, 0.6) is 0 Å². The smallest absolute Gasteiger partial charge is 0.315 e. The third-order valence-electron chi connectivity index (χ3n) is 1.77. The topological polar surface area (TPSA) is 67.2 Å². The molecular weight excluding hydrogens is 166 g/mol. The fraction of sp³-hybridized carbons (Fsp3) is 0.889. The van der Waals surface area contributed by atoms with Gasteiger partial charge in [-0.2, -0.15) is 0 Å². The highest BCUT2D eigenvalue weighted by Crippen LogP contribution is 1.95. The number of hydrogen-bond acceptors (Lipinski definition) is 2. The molecule has 0 radical (unpaired) electrons. The number of carbonyl (C=O) groups is 1. The van der Waals surface area contributed by atoms with Crippen LogP contribution in [0.25, 0.3) is 0 Å². The second kappa shape index (κ2) is 5.80. The molecule has 0 aromatic heterocycles. The van der Waals surface area contributed by atoms with E-state index in [0.717, 1.165) is 0 Å². The molecule has 0 saturated carbocycles. The Labute approximate surface area is 80.3 Å². The van der Waals surface area contributed by atoms with Gasteiger partial charge in [0.25, 0.3) is 0 Å². The van der Waals surface area contributed by atoms with Crippen LogP contribution in [0.4, 0.5) is 4.79 Å². The summed E-state index contributed by atoms with van der Waals surface area (Å²) in [4.78, 5) is 11.1. The molecular formula is C9H21N3O. The van der Waals surface area contributed by atoms with E-state index in [9.17, 15) is 4.79 Å². The van der Waals surface area contributed by atoms with E-state index >= 15 is 0 Å². The Morgan fingerprint density at radius 3 is 2.23 bits per heavy atom. The first-order chi connectivity index (χ1) is 5.93. The maximum Gasteiger partial charge on any atom is 0.315 e. The van der Waals surface area contributed by atoms with Crippen LogP contribution in [-0.2, 0) is 0 Å². The van der Waals surface area contributed by atoms with Gasteiger partial charge in [0, 0.05) is 18.6 Å². The van der Waals surface area contributed by atoms with Crippen LogP contribution in [0.15, 0.2) is 0 Å². The molecule has 13 heavy (non-hydrogen) atoms. The minimum Gasteiger partial charge on any atom is -0.337 e. The average Bonchev–Trinajstić information content (AvgIpc) is 1.98. The third-order valence-corrected chi connectivity index (χ3v) is 1.77. The van der Waals surface area contributed by atoms with E-state index in [0.29, 0.717) is 12.5 Å². The molecule has 0 bridgehead atoms. The van der Waals surface area contributed by atoms with E-state index in [2.05, 4.69) is 10.6 Å². The first kappa shape index (κ1) is 12.2. The zero-order chi connectivity index (χ0) is 10.4. The van der Waals surface area contributed by atoms with Crippen LogP contribution in [-0.4, -0.2) is 24.7 Å². The van der Waals surface area contributed by atoms with Gasteiger partial charge in [-0.25, -0.2) is 4.79 Å². The largest absolute Gasteiger partial charge is 0.337 e. The number of carbonyl (C=O) groups excluding carboxylic acids is 1. The Bertz CT molecular complexity index is 157. The molecule has 1 atom stereocenters. The van der Waals surface area contributed by atoms with Crippen molar-refractivity contribution in [3.05, 3.63) is 0 Å². The van der Waals surface area contributed by atoms with Crippen molar-refractivity contribution in [1.29, 1.82) is 0 Å². The third kappa shape index (κ3) is 6.40. The lowest BCUT2D eigenvalue weighted by atomic mass is 10.1. The zero-order valence-electron chi connectivity index (χ0n) is 8.92. The standard InChI is InChI=1S/C9H21N3O/c1-6(2)8(10)5-11-9(13)12-7(3)4/h6-8H,5,10H2,1-4H3,(H2,11,12,13). The molecule has 0 aromatic rings. The predicted molar refractivity (Wildman–Crippen MR) is 54.5 cm³/mol. The second-order valence-electron chi connectivity index (χ2n) is 3.92. The summed E-state index contributed by atoms with van der Waals surface area (Å²) in [5, 5.41) is 5.45. The Morgan fingerprint density at radius 1 is 1.31 bits per heavy atom. The van der Waals surface area contributed by atoms with Gasteiger partial charge in [-0.05, 0) is 19.8 Å². The summed E-state index contributed by atoms with van der Waals surface area (Å²) in [6.45, 7) is 8.43. The molecule has 0 aliphatic carbocycles. The molecule has 0 rings (SSSR count). The normalized spacial score (nSPS) is 13.2. The molecule has 0 heterocycles. The summed E-state index contributed by atoms with van der Waals surface area (Å²) < 4.78 is 0. The van der Waals surface area contributed by atoms with Crippen molar-refractivity contribution < 1.29 is 4.79 Å². The molecule has 0 fully saturated rings. The second-order valence-corrected chi connectivity index (χ2v) is 3.92. The van der Waals surface area contributed by atoms with Gasteiger partial charge in [-0.15, -0.1) is 0 Å². The first-order valence-electron chi connectivity index (χ1n) is 4.73. The lowest BCUT2D eigenvalue weighted by molar-refractivity contribution is 0.237. The van der Waals surface area contributed by atoms with E-state index in [1.165, 1.54) is 0 Å². The number of nitrogens with one attached hydrogen (secondary N) is 2. The minimum absolute atomic E-state index is 0.0258. The van der Waals surface area contributed by atoms with Crippen molar-refractivity contribution in [2.75, 3.05) is 6.54 Å². The number of amides is 2. The first-order valence-corrected chi connectivity index (χ1v) is 4.73. The van der Waals surface area contributed by atoms with Crippen LogP contribution in [0.3, 0.4) is 0 Å². The minimum atomic E-state index is -0.147. The van der Waals surface area contributed by atoms with Crippen molar-refractivity contribution in [3.63, 3.8) is 0 Å². The van der Waals surface area contributed by atoms with Crippen LogP contribution < -0.4 is 16.4 Å². The zero-order valence-corrected chi connectivity index (χ0v) is 8.92. The number of hydrogen-bond donors (Lipinski definition) is 3. The van der Waals surface area contributed by atoms with E-state index in [1.807, 2.05) is 27.7 Å². The molecule has 78 valence electrons. The van der Waals surface area contributed by atoms with Crippen molar-refractivity contribution in [2.45, 2.75) is 39.8 Å². The SMILES string of the molecule is CC(C)NC(=O)NCC(N)C(C)C. The van der Waals surface area contributed by atoms with Gasteiger partial charge in [0.2, 0.25) is 0 Å². The van der Waals surface area contributed by atoms with Crippen molar-refractivity contribution in [1.82, 2.24) is 10.6 Å². The quantitative estimate of drug-likeness (QED) is 0.606. The van der Waals surface area contributed by atoms with Gasteiger partial charge in [0.05, 0.1) is 0 Å². The highest BCUT2D eigenvalue weighted by atomic mass is 16.2. The van der Waals surface area contributed by atoms with Crippen molar-refractivity contribution >= 4 is 6.03 Å². The summed E-state index contributed by atoms with van der Waals surface area (Å²) in [5.41, 5.74) is 5.75. The summed E-state index contributed by atoms with van der Waals surface area (Å²) in [6, 6.07) is 0.0410.